The number of ether oxygens (including phenoxy) is 1. The number of nitrogens with zero attached hydrogens (tertiary/aromatic N) is 3. The number of piperazine rings is 1. The van der Waals surface area contributed by atoms with E-state index in [1.807, 2.05) is 24.3 Å². The predicted octanol–water partition coefficient (Wildman–Crippen LogP) is 2.97. The molecule has 1 fully saturated rings. The highest BCUT2D eigenvalue weighted by molar-refractivity contribution is 6.05. The minimum atomic E-state index is -0.382. The maximum Gasteiger partial charge on any atom is 0.341 e. The normalized spacial score (nSPS) is 14.3. The van der Waals surface area contributed by atoms with Crippen molar-refractivity contribution in [1.29, 1.82) is 0 Å². The van der Waals surface area contributed by atoms with Gasteiger partial charge in [-0.15, -0.1) is 0 Å². The summed E-state index contributed by atoms with van der Waals surface area (Å²) in [5, 5.41) is 0.905. The van der Waals surface area contributed by atoms with Crippen molar-refractivity contribution in [3.8, 4) is 0 Å². The van der Waals surface area contributed by atoms with Gasteiger partial charge in [0.15, 0.2) is 0 Å². The molecule has 3 heterocycles. The molecule has 144 valence electrons. The van der Waals surface area contributed by atoms with E-state index < -0.39 is 0 Å². The minimum absolute atomic E-state index is 0.0430. The Balaban J connectivity index is 1.63. The van der Waals surface area contributed by atoms with Crippen LogP contribution in [0.4, 0.5) is 5.69 Å². The molecule has 1 aliphatic rings. The van der Waals surface area contributed by atoms with E-state index in [-0.39, 0.29) is 11.9 Å². The van der Waals surface area contributed by atoms with Gasteiger partial charge < -0.3 is 19.0 Å². The van der Waals surface area contributed by atoms with Gasteiger partial charge in [0, 0.05) is 37.8 Å². The lowest BCUT2D eigenvalue weighted by molar-refractivity contribution is 0.0525. The van der Waals surface area contributed by atoms with E-state index in [9.17, 15) is 9.59 Å². The highest BCUT2D eigenvalue weighted by atomic mass is 16.5. The number of pyridine rings is 1. The molecule has 0 unspecified atom stereocenters. The zero-order valence-corrected chi connectivity index (χ0v) is 15.6. The summed E-state index contributed by atoms with van der Waals surface area (Å²) in [7, 11) is 0. The summed E-state index contributed by atoms with van der Waals surface area (Å²) < 4.78 is 10.2. The molecule has 7 nitrogen and oxygen atoms in total. The summed E-state index contributed by atoms with van der Waals surface area (Å²) in [5.74, 6) is -0.425. The zero-order chi connectivity index (χ0) is 19.5. The van der Waals surface area contributed by atoms with Crippen LogP contribution in [0.2, 0.25) is 0 Å². The number of hydrogen-bond acceptors (Lipinski definition) is 6. The number of benzene rings is 1. The average molecular weight is 379 g/mol. The first-order valence-corrected chi connectivity index (χ1v) is 9.30. The molecule has 28 heavy (non-hydrogen) atoms. The molecule has 3 aromatic rings. The van der Waals surface area contributed by atoms with Gasteiger partial charge in [-0.05, 0) is 19.1 Å². The fourth-order valence-electron chi connectivity index (χ4n) is 3.53. The van der Waals surface area contributed by atoms with Crippen LogP contribution in [0.5, 0.6) is 0 Å². The van der Waals surface area contributed by atoms with Gasteiger partial charge in [-0.1, -0.05) is 18.2 Å². The summed E-state index contributed by atoms with van der Waals surface area (Å²) >= 11 is 0. The van der Waals surface area contributed by atoms with Crippen LogP contribution < -0.4 is 4.90 Å². The molecule has 0 N–H and O–H groups in total. The quantitative estimate of drug-likeness (QED) is 0.649. The Morgan fingerprint density at radius 2 is 1.93 bits per heavy atom. The summed E-state index contributed by atoms with van der Waals surface area (Å²) in [5.41, 5.74) is 2.65. The average Bonchev–Trinajstić information content (AvgIpc) is 3.27. The molecule has 7 heteroatoms. The zero-order valence-electron chi connectivity index (χ0n) is 15.6. The number of anilines is 1. The topological polar surface area (TPSA) is 75.9 Å². The van der Waals surface area contributed by atoms with Gasteiger partial charge in [-0.25, -0.2) is 4.79 Å². The lowest BCUT2D eigenvalue weighted by Crippen LogP contribution is -2.49. The van der Waals surface area contributed by atoms with Crippen molar-refractivity contribution in [1.82, 2.24) is 9.88 Å². The number of fused-ring (bicyclic) bond motifs is 1. The Morgan fingerprint density at radius 3 is 2.64 bits per heavy atom. The van der Waals surface area contributed by atoms with Crippen LogP contribution in [0, 0.1) is 0 Å². The Bertz CT molecular complexity index is 992. The van der Waals surface area contributed by atoms with Crippen molar-refractivity contribution in [3.05, 3.63) is 60.2 Å². The van der Waals surface area contributed by atoms with Gasteiger partial charge in [0.05, 0.1) is 29.6 Å². The van der Waals surface area contributed by atoms with Gasteiger partial charge in [-0.3, -0.25) is 9.78 Å². The van der Waals surface area contributed by atoms with Crippen molar-refractivity contribution in [3.63, 3.8) is 0 Å². The number of carbonyl (C=O) groups excluding carboxylic acids is 2. The Hall–Kier alpha value is -3.35. The summed E-state index contributed by atoms with van der Waals surface area (Å²) in [4.78, 5) is 33.4. The smallest absolute Gasteiger partial charge is 0.341 e. The number of amides is 1. The van der Waals surface area contributed by atoms with E-state index in [0.29, 0.717) is 43.9 Å². The molecular formula is C21H21N3O4. The number of furan rings is 1. The van der Waals surface area contributed by atoms with Crippen molar-refractivity contribution < 1.29 is 18.7 Å². The maximum absolute atomic E-state index is 12.5. The largest absolute Gasteiger partial charge is 0.472 e. The van der Waals surface area contributed by atoms with E-state index in [0.717, 1.165) is 16.6 Å². The minimum Gasteiger partial charge on any atom is -0.472 e. The second-order valence-electron chi connectivity index (χ2n) is 6.55. The number of carbonyl (C=O) groups is 2. The van der Waals surface area contributed by atoms with Crippen molar-refractivity contribution in [2.24, 2.45) is 0 Å². The Morgan fingerprint density at radius 1 is 1.14 bits per heavy atom. The summed E-state index contributed by atoms with van der Waals surface area (Å²) in [6.45, 7) is 4.43. The molecule has 2 aromatic heterocycles. The Labute approximate surface area is 162 Å². The number of rotatable bonds is 4. The molecule has 0 radical (unpaired) electrons. The number of aromatic nitrogens is 1. The van der Waals surface area contributed by atoms with Crippen LogP contribution in [-0.2, 0) is 4.74 Å². The molecule has 1 amide bonds. The molecule has 1 saturated heterocycles. The van der Waals surface area contributed by atoms with Crippen molar-refractivity contribution >= 4 is 28.5 Å². The van der Waals surface area contributed by atoms with Crippen LogP contribution in [0.25, 0.3) is 10.9 Å². The predicted molar refractivity (Wildman–Crippen MR) is 105 cm³/mol. The second kappa shape index (κ2) is 7.72. The van der Waals surface area contributed by atoms with Crippen LogP contribution in [-0.4, -0.2) is 54.5 Å². The molecule has 1 aromatic carbocycles. The third kappa shape index (κ3) is 3.31. The van der Waals surface area contributed by atoms with E-state index in [1.165, 1.54) is 12.5 Å². The first kappa shape index (κ1) is 18.0. The van der Waals surface area contributed by atoms with E-state index in [1.54, 1.807) is 24.1 Å². The van der Waals surface area contributed by atoms with E-state index in [2.05, 4.69) is 9.88 Å². The Kier molecular flexibility index (Phi) is 4.97. The van der Waals surface area contributed by atoms with Gasteiger partial charge in [0.25, 0.3) is 5.91 Å². The van der Waals surface area contributed by atoms with Gasteiger partial charge in [0.2, 0.25) is 0 Å². The van der Waals surface area contributed by atoms with Crippen molar-refractivity contribution in [2.45, 2.75) is 6.92 Å². The number of esters is 1. The first-order valence-electron chi connectivity index (χ1n) is 9.30. The third-order valence-electron chi connectivity index (χ3n) is 4.89. The molecule has 0 aliphatic carbocycles. The van der Waals surface area contributed by atoms with Crippen LogP contribution in [0.3, 0.4) is 0 Å². The SMILES string of the molecule is CCOC(=O)c1cnc2ccccc2c1N1CCN(C(=O)c2ccoc2)CC1. The lowest BCUT2D eigenvalue weighted by Gasteiger charge is -2.37. The summed E-state index contributed by atoms with van der Waals surface area (Å²) in [6.07, 6.45) is 4.54. The van der Waals surface area contributed by atoms with Crippen LogP contribution in [0.1, 0.15) is 27.6 Å². The van der Waals surface area contributed by atoms with Gasteiger partial charge in [-0.2, -0.15) is 0 Å². The molecule has 1 aliphatic heterocycles. The second-order valence-corrected chi connectivity index (χ2v) is 6.55. The molecule has 0 spiro atoms. The molecule has 0 bridgehead atoms. The van der Waals surface area contributed by atoms with Crippen LogP contribution >= 0.6 is 0 Å². The lowest BCUT2D eigenvalue weighted by atomic mass is 10.1. The third-order valence-corrected chi connectivity index (χ3v) is 4.89. The molecule has 0 saturated carbocycles. The first-order chi connectivity index (χ1) is 13.7. The molecule has 0 atom stereocenters. The molecule has 4 rings (SSSR count). The highest BCUT2D eigenvalue weighted by Crippen LogP contribution is 2.31. The van der Waals surface area contributed by atoms with E-state index in [4.69, 9.17) is 9.15 Å². The van der Waals surface area contributed by atoms with Crippen molar-refractivity contribution in [2.75, 3.05) is 37.7 Å². The number of para-hydroxylation sites is 1. The number of hydrogen-bond donors (Lipinski definition) is 0. The van der Waals surface area contributed by atoms with Gasteiger partial charge >= 0.3 is 5.97 Å². The fourth-order valence-corrected chi connectivity index (χ4v) is 3.53. The van der Waals surface area contributed by atoms with Gasteiger partial charge in [0.1, 0.15) is 11.8 Å². The monoisotopic (exact) mass is 379 g/mol. The van der Waals surface area contributed by atoms with E-state index >= 15 is 0 Å². The summed E-state index contributed by atoms with van der Waals surface area (Å²) in [6, 6.07) is 9.41. The highest BCUT2D eigenvalue weighted by Gasteiger charge is 2.27. The fraction of sp³-hybridized carbons (Fsp3) is 0.286. The standard InChI is InChI=1S/C21H21N3O4/c1-2-28-21(26)17-13-22-18-6-4-3-5-16(18)19(17)23-8-10-24(11-9-23)20(25)15-7-12-27-14-15/h3-7,12-14H,2,8-11H2,1H3. The maximum atomic E-state index is 12.5. The molecular weight excluding hydrogens is 358 g/mol. The van der Waals surface area contributed by atoms with Crippen LogP contribution in [0.15, 0.2) is 53.5 Å².